The van der Waals surface area contributed by atoms with Crippen molar-refractivity contribution in [2.24, 2.45) is 0 Å². The summed E-state index contributed by atoms with van der Waals surface area (Å²) in [5, 5.41) is 8.81. The standard InChI is InChI=1S/C22H20N2O3S/c1-16-6-8-17(9-7-16)15-24(21-12-10-18-4-2-3-5-20(18)21)28(25,26)22-13-11-19(14-23)27-22/h2-9,11,13,21H,10,12,15H2,1H3. The molecule has 1 atom stereocenters. The van der Waals surface area contributed by atoms with Crippen LogP contribution in [0.25, 0.3) is 0 Å². The predicted molar refractivity (Wildman–Crippen MR) is 105 cm³/mol. The molecule has 0 N–H and O–H groups in total. The highest BCUT2D eigenvalue weighted by atomic mass is 32.2. The number of nitrogens with zero attached hydrogens (tertiary/aromatic N) is 2. The largest absolute Gasteiger partial charge is 0.433 e. The highest BCUT2D eigenvalue weighted by Crippen LogP contribution is 2.39. The van der Waals surface area contributed by atoms with Gasteiger partial charge in [0.15, 0.2) is 0 Å². The molecule has 1 heterocycles. The monoisotopic (exact) mass is 392 g/mol. The number of aryl methyl sites for hydroxylation is 2. The van der Waals surface area contributed by atoms with Crippen LogP contribution in [-0.4, -0.2) is 12.7 Å². The van der Waals surface area contributed by atoms with Crippen molar-refractivity contribution in [2.45, 2.75) is 37.4 Å². The number of furan rings is 1. The van der Waals surface area contributed by atoms with Crippen molar-refractivity contribution in [1.29, 1.82) is 5.26 Å². The second-order valence-corrected chi connectivity index (χ2v) is 8.84. The van der Waals surface area contributed by atoms with E-state index >= 15 is 0 Å². The third kappa shape index (κ3) is 3.35. The third-order valence-electron chi connectivity index (χ3n) is 5.16. The minimum Gasteiger partial charge on any atom is -0.433 e. The topological polar surface area (TPSA) is 74.3 Å². The molecule has 6 heteroatoms. The van der Waals surface area contributed by atoms with E-state index in [0.29, 0.717) is 0 Å². The summed E-state index contributed by atoms with van der Waals surface area (Å²) in [5.41, 5.74) is 4.23. The maximum Gasteiger partial charge on any atom is 0.277 e. The van der Waals surface area contributed by atoms with Crippen molar-refractivity contribution in [2.75, 3.05) is 0 Å². The smallest absolute Gasteiger partial charge is 0.277 e. The van der Waals surface area contributed by atoms with Crippen molar-refractivity contribution in [3.63, 3.8) is 0 Å². The number of rotatable bonds is 5. The van der Waals surface area contributed by atoms with Crippen LogP contribution in [0, 0.1) is 18.3 Å². The van der Waals surface area contributed by atoms with Crippen molar-refractivity contribution < 1.29 is 12.8 Å². The van der Waals surface area contributed by atoms with Gasteiger partial charge in [-0.2, -0.15) is 9.57 Å². The minimum atomic E-state index is -3.91. The summed E-state index contributed by atoms with van der Waals surface area (Å²) in [7, 11) is -3.91. The molecule has 0 spiro atoms. The molecule has 1 aliphatic rings. The first-order valence-electron chi connectivity index (χ1n) is 9.14. The van der Waals surface area contributed by atoms with E-state index < -0.39 is 10.0 Å². The van der Waals surface area contributed by atoms with Gasteiger partial charge in [0.1, 0.15) is 6.07 Å². The van der Waals surface area contributed by atoms with Crippen molar-refractivity contribution in [1.82, 2.24) is 4.31 Å². The van der Waals surface area contributed by atoms with Crippen molar-refractivity contribution in [3.8, 4) is 6.07 Å². The van der Waals surface area contributed by atoms with E-state index in [1.54, 1.807) is 0 Å². The second-order valence-electron chi connectivity index (χ2n) is 7.02. The normalized spacial score (nSPS) is 16.1. The van der Waals surface area contributed by atoms with Crippen molar-refractivity contribution >= 4 is 10.0 Å². The molecule has 0 saturated carbocycles. The zero-order chi connectivity index (χ0) is 19.7. The lowest BCUT2D eigenvalue weighted by atomic mass is 10.1. The molecule has 1 unspecified atom stereocenters. The van der Waals surface area contributed by atoms with Gasteiger partial charge in [0.2, 0.25) is 10.9 Å². The molecule has 0 amide bonds. The minimum absolute atomic E-state index is 0.0133. The summed E-state index contributed by atoms with van der Waals surface area (Å²) in [4.78, 5) is 0. The van der Waals surface area contributed by atoms with E-state index in [-0.39, 0.29) is 23.4 Å². The van der Waals surface area contributed by atoms with Crippen LogP contribution >= 0.6 is 0 Å². The van der Waals surface area contributed by atoms with Crippen LogP contribution in [0.3, 0.4) is 0 Å². The third-order valence-corrected chi connectivity index (χ3v) is 6.89. The van der Waals surface area contributed by atoms with E-state index in [0.717, 1.165) is 29.5 Å². The Morgan fingerprint density at radius 2 is 1.86 bits per heavy atom. The number of nitriles is 1. The first-order valence-corrected chi connectivity index (χ1v) is 10.6. The van der Waals surface area contributed by atoms with Crippen molar-refractivity contribution in [3.05, 3.63) is 88.7 Å². The van der Waals surface area contributed by atoms with E-state index in [1.165, 1.54) is 22.0 Å². The molecule has 5 nitrogen and oxygen atoms in total. The summed E-state index contributed by atoms with van der Waals surface area (Å²) in [5.74, 6) is -0.0133. The quantitative estimate of drug-likeness (QED) is 0.647. The van der Waals surface area contributed by atoms with Crippen LogP contribution in [0.5, 0.6) is 0 Å². The Morgan fingerprint density at radius 1 is 1.11 bits per heavy atom. The summed E-state index contributed by atoms with van der Waals surface area (Å²) < 4.78 is 33.7. The SMILES string of the molecule is Cc1ccc(CN(C2CCc3ccccc32)S(=O)(=O)c2ccc(C#N)o2)cc1. The summed E-state index contributed by atoms with van der Waals surface area (Å²) in [6, 6.07) is 20.1. The lowest BCUT2D eigenvalue weighted by Gasteiger charge is -2.28. The number of fused-ring (bicyclic) bond motifs is 1. The fourth-order valence-corrected chi connectivity index (χ4v) is 5.24. The zero-order valence-corrected chi connectivity index (χ0v) is 16.3. The molecule has 28 heavy (non-hydrogen) atoms. The average molecular weight is 392 g/mol. The zero-order valence-electron chi connectivity index (χ0n) is 15.5. The molecular formula is C22H20N2O3S. The fourth-order valence-electron chi connectivity index (χ4n) is 3.70. The van der Waals surface area contributed by atoms with Crippen LogP contribution in [-0.2, 0) is 23.0 Å². The van der Waals surface area contributed by atoms with E-state index in [2.05, 4.69) is 0 Å². The van der Waals surface area contributed by atoms with Crippen LogP contribution in [0.15, 0.2) is 70.2 Å². The molecule has 3 aromatic rings. The Labute approximate surface area is 164 Å². The van der Waals surface area contributed by atoms with Gasteiger partial charge < -0.3 is 4.42 Å². The van der Waals surface area contributed by atoms with Crippen LogP contribution in [0.1, 0.15) is 40.5 Å². The first kappa shape index (κ1) is 18.5. The molecule has 2 aromatic carbocycles. The van der Waals surface area contributed by atoms with Gasteiger partial charge >= 0.3 is 0 Å². The number of sulfonamides is 1. The van der Waals surface area contributed by atoms with Gasteiger partial charge in [-0.1, -0.05) is 54.1 Å². The number of benzene rings is 2. The Morgan fingerprint density at radius 3 is 2.57 bits per heavy atom. The highest BCUT2D eigenvalue weighted by Gasteiger charge is 2.37. The number of hydrogen-bond donors (Lipinski definition) is 0. The Kier molecular flexibility index (Phi) is 4.80. The Balaban J connectivity index is 1.77. The van der Waals surface area contributed by atoms with Crippen LogP contribution < -0.4 is 0 Å². The summed E-state index contributed by atoms with van der Waals surface area (Å²) in [6.07, 6.45) is 1.55. The molecule has 0 fully saturated rings. The maximum absolute atomic E-state index is 13.5. The van der Waals surface area contributed by atoms with Gasteiger partial charge in [-0.15, -0.1) is 0 Å². The van der Waals surface area contributed by atoms with E-state index in [4.69, 9.17) is 9.68 Å². The highest BCUT2D eigenvalue weighted by molar-refractivity contribution is 7.89. The summed E-state index contributed by atoms with van der Waals surface area (Å²) >= 11 is 0. The Bertz CT molecular complexity index is 1140. The lowest BCUT2D eigenvalue weighted by Crippen LogP contribution is -2.33. The number of hydrogen-bond acceptors (Lipinski definition) is 4. The summed E-state index contributed by atoms with van der Waals surface area (Å²) in [6.45, 7) is 2.24. The van der Waals surface area contributed by atoms with Gasteiger partial charge in [-0.25, -0.2) is 8.42 Å². The molecule has 0 saturated heterocycles. The fraction of sp³-hybridized carbons (Fsp3) is 0.227. The molecule has 1 aliphatic carbocycles. The van der Waals surface area contributed by atoms with E-state index in [9.17, 15) is 8.42 Å². The van der Waals surface area contributed by atoms with Gasteiger partial charge in [-0.05, 0) is 48.6 Å². The maximum atomic E-state index is 13.5. The van der Waals surface area contributed by atoms with Crippen LogP contribution in [0.4, 0.5) is 0 Å². The second kappa shape index (κ2) is 7.27. The predicted octanol–water partition coefficient (Wildman–Crippen LogP) is 4.34. The average Bonchev–Trinajstić information content (AvgIpc) is 3.35. The molecule has 1 aromatic heterocycles. The molecule has 4 rings (SSSR count). The van der Waals surface area contributed by atoms with Gasteiger partial charge in [0, 0.05) is 6.54 Å². The molecular weight excluding hydrogens is 372 g/mol. The van der Waals surface area contributed by atoms with Gasteiger partial charge in [-0.3, -0.25) is 0 Å². The molecule has 0 bridgehead atoms. The van der Waals surface area contributed by atoms with E-state index in [1.807, 2.05) is 61.5 Å². The molecule has 142 valence electrons. The van der Waals surface area contributed by atoms with Gasteiger partial charge in [0.05, 0.1) is 6.04 Å². The lowest BCUT2D eigenvalue weighted by molar-refractivity contribution is 0.303. The molecule has 0 aliphatic heterocycles. The Hall–Kier alpha value is -2.88. The first-order chi connectivity index (χ1) is 13.5. The van der Waals surface area contributed by atoms with Gasteiger partial charge in [0.25, 0.3) is 10.0 Å². The molecule has 0 radical (unpaired) electrons. The van der Waals surface area contributed by atoms with Crippen LogP contribution in [0.2, 0.25) is 0 Å².